The van der Waals surface area contributed by atoms with Gasteiger partial charge in [0, 0.05) is 7.05 Å². The summed E-state index contributed by atoms with van der Waals surface area (Å²) in [6.45, 7) is 0.714. The van der Waals surface area contributed by atoms with Crippen molar-refractivity contribution >= 4 is 11.8 Å². The predicted molar refractivity (Wildman–Crippen MR) is 64.9 cm³/mol. The van der Waals surface area contributed by atoms with E-state index in [1.54, 1.807) is 7.05 Å². The summed E-state index contributed by atoms with van der Waals surface area (Å²) in [6.07, 6.45) is 0. The molecule has 17 heavy (non-hydrogen) atoms. The van der Waals surface area contributed by atoms with Crippen molar-refractivity contribution in [2.75, 3.05) is 7.05 Å². The van der Waals surface area contributed by atoms with E-state index in [0.717, 1.165) is 11.5 Å². The fraction of sp³-hybridized carbons (Fsp3) is 0.400. The zero-order chi connectivity index (χ0) is 12.3. The van der Waals surface area contributed by atoms with Gasteiger partial charge < -0.3 is 9.73 Å². The van der Waals surface area contributed by atoms with Crippen LogP contribution in [0.5, 0.6) is 0 Å². The second kappa shape index (κ2) is 5.24. The maximum Gasteiger partial charge on any atom is 0.343 e. The van der Waals surface area contributed by atoms with E-state index in [2.05, 4.69) is 15.5 Å². The van der Waals surface area contributed by atoms with Crippen molar-refractivity contribution in [1.29, 1.82) is 0 Å². The minimum Gasteiger partial charge on any atom is -0.464 e. The monoisotopic (exact) mass is 254 g/mol. The van der Waals surface area contributed by atoms with Crippen molar-refractivity contribution in [3.05, 3.63) is 34.1 Å². The number of furan rings is 1. The van der Waals surface area contributed by atoms with Crippen molar-refractivity contribution < 1.29 is 4.42 Å². The van der Waals surface area contributed by atoms with Crippen LogP contribution in [-0.4, -0.2) is 21.8 Å². The van der Waals surface area contributed by atoms with E-state index in [1.807, 2.05) is 19.2 Å². The van der Waals surface area contributed by atoms with Crippen LogP contribution in [-0.2, 0) is 19.3 Å². The Morgan fingerprint density at radius 3 is 2.94 bits per heavy atom. The molecular weight excluding hydrogens is 240 g/mol. The fourth-order valence-corrected chi connectivity index (χ4v) is 2.18. The van der Waals surface area contributed by atoms with Gasteiger partial charge >= 0.3 is 5.69 Å². The summed E-state index contributed by atoms with van der Waals surface area (Å²) < 4.78 is 7.06. The molecule has 2 rings (SSSR count). The number of thioether (sulfide) groups is 1. The number of aromatic amines is 1. The molecule has 7 heteroatoms. The van der Waals surface area contributed by atoms with Crippen molar-refractivity contribution in [2.24, 2.45) is 7.05 Å². The second-order valence-electron chi connectivity index (χ2n) is 3.56. The smallest absolute Gasteiger partial charge is 0.343 e. The Kier molecular flexibility index (Phi) is 3.70. The first-order chi connectivity index (χ1) is 8.20. The second-order valence-corrected chi connectivity index (χ2v) is 4.50. The molecule has 0 saturated heterocycles. The van der Waals surface area contributed by atoms with Crippen LogP contribution >= 0.6 is 11.8 Å². The molecule has 2 heterocycles. The molecule has 0 fully saturated rings. The molecule has 0 atom stereocenters. The average molecular weight is 254 g/mol. The van der Waals surface area contributed by atoms with E-state index in [0.29, 0.717) is 17.5 Å². The molecule has 0 unspecified atom stereocenters. The summed E-state index contributed by atoms with van der Waals surface area (Å²) in [7, 11) is 3.55. The molecule has 0 bridgehead atoms. The summed E-state index contributed by atoms with van der Waals surface area (Å²) in [5.74, 6) is 2.43. The topological polar surface area (TPSA) is 75.8 Å². The van der Waals surface area contributed by atoms with Crippen LogP contribution in [0.1, 0.15) is 11.5 Å². The highest BCUT2D eigenvalue weighted by molar-refractivity contribution is 7.98. The van der Waals surface area contributed by atoms with Crippen molar-refractivity contribution in [1.82, 2.24) is 20.1 Å². The Balaban J connectivity index is 1.97. The van der Waals surface area contributed by atoms with E-state index in [1.165, 1.54) is 16.3 Å². The van der Waals surface area contributed by atoms with Gasteiger partial charge in [0.25, 0.3) is 0 Å². The lowest BCUT2D eigenvalue weighted by molar-refractivity contribution is 0.468. The Morgan fingerprint density at radius 2 is 2.29 bits per heavy atom. The first-order valence-corrected chi connectivity index (χ1v) is 6.15. The molecule has 0 spiro atoms. The summed E-state index contributed by atoms with van der Waals surface area (Å²) in [5.41, 5.74) is -0.206. The van der Waals surface area contributed by atoms with Crippen LogP contribution in [0.25, 0.3) is 0 Å². The molecule has 0 aliphatic heterocycles. The van der Waals surface area contributed by atoms with Crippen LogP contribution < -0.4 is 11.0 Å². The minimum absolute atomic E-state index is 0.206. The lowest BCUT2D eigenvalue weighted by atomic mass is 10.4. The zero-order valence-corrected chi connectivity index (χ0v) is 10.5. The van der Waals surface area contributed by atoms with Crippen LogP contribution in [0, 0.1) is 0 Å². The van der Waals surface area contributed by atoms with Crippen LogP contribution in [0.4, 0.5) is 0 Å². The standard InChI is InChI=1S/C10H14N4O2S/c1-11-5-7-3-4-8(16-7)6-17-10-13-12-9(15)14(10)2/h3-4,11H,5-6H2,1-2H3,(H,12,15). The molecule has 2 N–H and O–H groups in total. The summed E-state index contributed by atoms with van der Waals surface area (Å²) in [4.78, 5) is 11.1. The maximum atomic E-state index is 11.1. The van der Waals surface area contributed by atoms with Crippen LogP contribution in [0.15, 0.2) is 26.5 Å². The van der Waals surface area contributed by atoms with E-state index in [-0.39, 0.29) is 5.69 Å². The normalized spacial score (nSPS) is 10.9. The van der Waals surface area contributed by atoms with Crippen molar-refractivity contribution in [3.8, 4) is 0 Å². The lowest BCUT2D eigenvalue weighted by Crippen LogP contribution is -2.12. The molecule has 0 radical (unpaired) electrons. The highest BCUT2D eigenvalue weighted by Crippen LogP contribution is 2.20. The zero-order valence-electron chi connectivity index (χ0n) is 9.69. The van der Waals surface area contributed by atoms with E-state index >= 15 is 0 Å². The van der Waals surface area contributed by atoms with Crippen molar-refractivity contribution in [2.45, 2.75) is 17.5 Å². The van der Waals surface area contributed by atoms with Crippen LogP contribution in [0.2, 0.25) is 0 Å². The number of hydrogen-bond donors (Lipinski definition) is 2. The third kappa shape index (κ3) is 2.80. The Labute approximate surface area is 102 Å². The van der Waals surface area contributed by atoms with E-state index in [4.69, 9.17) is 4.42 Å². The third-order valence-electron chi connectivity index (χ3n) is 2.25. The van der Waals surface area contributed by atoms with Crippen molar-refractivity contribution in [3.63, 3.8) is 0 Å². The van der Waals surface area contributed by atoms with Crippen LogP contribution in [0.3, 0.4) is 0 Å². The Bertz CT molecular complexity index is 542. The molecule has 0 saturated carbocycles. The first kappa shape index (κ1) is 12.0. The molecule has 0 aliphatic rings. The molecule has 2 aromatic rings. The van der Waals surface area contributed by atoms with Gasteiger partial charge in [0.2, 0.25) is 0 Å². The van der Waals surface area contributed by atoms with Gasteiger partial charge in [-0.1, -0.05) is 11.8 Å². The number of aromatic nitrogens is 3. The minimum atomic E-state index is -0.206. The highest BCUT2D eigenvalue weighted by Gasteiger charge is 2.07. The lowest BCUT2D eigenvalue weighted by Gasteiger charge is -1.97. The number of hydrogen-bond acceptors (Lipinski definition) is 5. The summed E-state index contributed by atoms with van der Waals surface area (Å²) >= 11 is 1.46. The fourth-order valence-electron chi connectivity index (χ4n) is 1.37. The third-order valence-corrected chi connectivity index (χ3v) is 3.30. The highest BCUT2D eigenvalue weighted by atomic mass is 32.2. The molecule has 92 valence electrons. The predicted octanol–water partition coefficient (Wildman–Crippen LogP) is 0.713. The van der Waals surface area contributed by atoms with Gasteiger partial charge in [0.05, 0.1) is 12.3 Å². The molecule has 6 nitrogen and oxygen atoms in total. The Hall–Kier alpha value is -1.47. The van der Waals surface area contributed by atoms with Gasteiger partial charge in [-0.3, -0.25) is 4.57 Å². The first-order valence-electron chi connectivity index (χ1n) is 5.17. The molecule has 2 aromatic heterocycles. The number of rotatable bonds is 5. The summed E-state index contributed by atoms with van der Waals surface area (Å²) in [6, 6.07) is 3.88. The van der Waals surface area contributed by atoms with E-state index in [9.17, 15) is 4.79 Å². The quantitative estimate of drug-likeness (QED) is 0.769. The molecular formula is C10H14N4O2S. The molecule has 0 aromatic carbocycles. The Morgan fingerprint density at radius 1 is 1.53 bits per heavy atom. The van der Waals surface area contributed by atoms with Gasteiger partial charge in [0.1, 0.15) is 11.5 Å². The molecule has 0 aliphatic carbocycles. The van der Waals surface area contributed by atoms with Gasteiger partial charge in [-0.15, -0.1) is 5.10 Å². The summed E-state index contributed by atoms with van der Waals surface area (Å²) in [5, 5.41) is 9.98. The SMILES string of the molecule is CNCc1ccc(CSc2n[nH]c(=O)n2C)o1. The number of nitrogens with zero attached hydrogens (tertiary/aromatic N) is 2. The largest absolute Gasteiger partial charge is 0.464 e. The maximum absolute atomic E-state index is 11.1. The number of nitrogens with one attached hydrogen (secondary N) is 2. The number of H-pyrrole nitrogens is 1. The van der Waals surface area contributed by atoms with Gasteiger partial charge in [-0.2, -0.15) is 0 Å². The van der Waals surface area contributed by atoms with Gasteiger partial charge in [-0.05, 0) is 19.2 Å². The average Bonchev–Trinajstić information content (AvgIpc) is 2.87. The molecule has 0 amide bonds. The van der Waals surface area contributed by atoms with E-state index < -0.39 is 0 Å². The van der Waals surface area contributed by atoms with Gasteiger partial charge in [-0.25, -0.2) is 9.89 Å². The van der Waals surface area contributed by atoms with Gasteiger partial charge in [0.15, 0.2) is 5.16 Å².